The molecule has 3 N–H and O–H groups in total. The molecule has 0 aromatic carbocycles. The van der Waals surface area contributed by atoms with Crippen molar-refractivity contribution in [2.45, 2.75) is 6.10 Å². The van der Waals surface area contributed by atoms with Gasteiger partial charge in [-0.3, -0.25) is 4.79 Å². The first-order valence-corrected chi connectivity index (χ1v) is 4.15. The van der Waals surface area contributed by atoms with Gasteiger partial charge in [0.1, 0.15) is 11.9 Å². The van der Waals surface area contributed by atoms with Crippen LogP contribution < -0.4 is 10.6 Å². The van der Waals surface area contributed by atoms with Crippen molar-refractivity contribution in [1.82, 2.24) is 15.5 Å². The van der Waals surface area contributed by atoms with Crippen LogP contribution in [0.25, 0.3) is 0 Å². The average Bonchev–Trinajstić information content (AvgIpc) is 2.26. The predicted molar refractivity (Wildman–Crippen MR) is 50.6 cm³/mol. The number of hydrogen-bond acceptors (Lipinski definition) is 5. The molecule has 1 amide bonds. The number of aliphatic hydroxyl groups is 1. The van der Waals surface area contributed by atoms with E-state index in [2.05, 4.69) is 20.8 Å². The molecule has 1 aromatic rings. The Bertz CT molecular complexity index is 291. The van der Waals surface area contributed by atoms with Gasteiger partial charge in [0.15, 0.2) is 0 Å². The van der Waals surface area contributed by atoms with Crippen LogP contribution in [0.4, 0.5) is 5.82 Å². The number of nitrogens with zero attached hydrogens (tertiary/aromatic N) is 2. The smallest absolute Gasteiger partial charge is 0.250 e. The molecule has 1 atom stereocenters. The van der Waals surface area contributed by atoms with E-state index >= 15 is 0 Å². The number of carbonyl (C=O) groups excluding carboxylic acids is 1. The number of carbonyl (C=O) groups is 1. The van der Waals surface area contributed by atoms with Crippen LogP contribution in [0.1, 0.15) is 0 Å². The van der Waals surface area contributed by atoms with Crippen LogP contribution in [0.2, 0.25) is 0 Å². The normalized spacial score (nSPS) is 11.9. The number of amides is 1. The van der Waals surface area contributed by atoms with Gasteiger partial charge in [-0.2, -0.15) is 5.10 Å². The molecule has 14 heavy (non-hydrogen) atoms. The fraction of sp³-hybridized carbons (Fsp3) is 0.375. The summed E-state index contributed by atoms with van der Waals surface area (Å²) in [5.41, 5.74) is 0. The number of hydrogen-bond donors (Lipinski definition) is 3. The quantitative estimate of drug-likeness (QED) is 0.574. The molecule has 0 aliphatic heterocycles. The fourth-order valence-corrected chi connectivity index (χ4v) is 0.856. The summed E-state index contributed by atoms with van der Waals surface area (Å²) >= 11 is 0. The minimum atomic E-state index is -1.08. The molecule has 0 saturated heterocycles. The van der Waals surface area contributed by atoms with Gasteiger partial charge >= 0.3 is 0 Å². The molecule has 76 valence electrons. The molecule has 1 aromatic heterocycles. The van der Waals surface area contributed by atoms with Crippen molar-refractivity contribution in [2.75, 3.05) is 18.9 Å². The Morgan fingerprint density at radius 1 is 1.71 bits per heavy atom. The van der Waals surface area contributed by atoms with Crippen molar-refractivity contribution in [3.05, 3.63) is 18.3 Å². The number of rotatable bonds is 4. The zero-order valence-electron chi connectivity index (χ0n) is 7.77. The summed E-state index contributed by atoms with van der Waals surface area (Å²) in [5, 5.41) is 21.7. The zero-order chi connectivity index (χ0) is 10.4. The van der Waals surface area contributed by atoms with Crippen LogP contribution in [0.5, 0.6) is 0 Å². The number of aliphatic hydroxyl groups excluding tert-OH is 1. The Hall–Kier alpha value is -1.69. The molecular formula is C8H12N4O2. The second kappa shape index (κ2) is 5.13. The molecule has 0 bridgehead atoms. The number of nitrogens with one attached hydrogen (secondary N) is 2. The van der Waals surface area contributed by atoms with Crippen molar-refractivity contribution in [1.29, 1.82) is 0 Å². The average molecular weight is 196 g/mol. The minimum absolute atomic E-state index is 0.109. The lowest BCUT2D eigenvalue weighted by Crippen LogP contribution is -2.36. The monoisotopic (exact) mass is 196 g/mol. The molecule has 6 nitrogen and oxygen atoms in total. The Morgan fingerprint density at radius 3 is 3.07 bits per heavy atom. The van der Waals surface area contributed by atoms with E-state index in [1.54, 1.807) is 18.3 Å². The van der Waals surface area contributed by atoms with E-state index in [0.717, 1.165) is 0 Å². The van der Waals surface area contributed by atoms with Crippen molar-refractivity contribution < 1.29 is 9.90 Å². The maximum Gasteiger partial charge on any atom is 0.250 e. The lowest BCUT2D eigenvalue weighted by molar-refractivity contribution is -0.128. The SMILES string of the molecule is CNC(=O)C(O)CNc1cccnn1. The summed E-state index contributed by atoms with van der Waals surface area (Å²) in [4.78, 5) is 10.9. The standard InChI is InChI=1S/C8H12N4O2/c1-9-8(14)6(13)5-10-7-3-2-4-11-12-7/h2-4,6,13H,5H2,1H3,(H,9,14)(H,10,12). The van der Waals surface area contributed by atoms with E-state index in [1.807, 2.05) is 0 Å². The highest BCUT2D eigenvalue weighted by molar-refractivity contribution is 5.80. The zero-order valence-corrected chi connectivity index (χ0v) is 7.77. The highest BCUT2D eigenvalue weighted by Crippen LogP contribution is 1.97. The van der Waals surface area contributed by atoms with Crippen molar-refractivity contribution in [3.63, 3.8) is 0 Å². The van der Waals surface area contributed by atoms with Gasteiger partial charge in [0.25, 0.3) is 0 Å². The lowest BCUT2D eigenvalue weighted by Gasteiger charge is -2.09. The van der Waals surface area contributed by atoms with Gasteiger partial charge in [0.05, 0.1) is 6.54 Å². The topological polar surface area (TPSA) is 87.1 Å². The van der Waals surface area contributed by atoms with E-state index in [1.165, 1.54) is 7.05 Å². The minimum Gasteiger partial charge on any atom is -0.381 e. The van der Waals surface area contributed by atoms with E-state index in [-0.39, 0.29) is 6.54 Å². The largest absolute Gasteiger partial charge is 0.381 e. The maximum absolute atomic E-state index is 10.9. The van der Waals surface area contributed by atoms with Gasteiger partial charge in [-0.05, 0) is 12.1 Å². The number of likely N-dealkylation sites (N-methyl/N-ethyl adjacent to an activating group) is 1. The van der Waals surface area contributed by atoms with Crippen LogP contribution in [0.15, 0.2) is 18.3 Å². The van der Waals surface area contributed by atoms with E-state index < -0.39 is 12.0 Å². The number of anilines is 1. The van der Waals surface area contributed by atoms with Gasteiger partial charge in [-0.1, -0.05) is 0 Å². The maximum atomic E-state index is 10.9. The Kier molecular flexibility index (Phi) is 3.81. The third kappa shape index (κ3) is 2.98. The third-order valence-corrected chi connectivity index (χ3v) is 1.60. The second-order valence-corrected chi connectivity index (χ2v) is 2.62. The van der Waals surface area contributed by atoms with Crippen molar-refractivity contribution in [2.24, 2.45) is 0 Å². The highest BCUT2D eigenvalue weighted by Gasteiger charge is 2.12. The molecule has 0 saturated carbocycles. The van der Waals surface area contributed by atoms with Gasteiger partial charge in [-0.25, -0.2) is 0 Å². The molecule has 1 unspecified atom stereocenters. The first-order chi connectivity index (χ1) is 6.74. The third-order valence-electron chi connectivity index (χ3n) is 1.60. The lowest BCUT2D eigenvalue weighted by atomic mass is 10.3. The van der Waals surface area contributed by atoms with E-state index in [0.29, 0.717) is 5.82 Å². The van der Waals surface area contributed by atoms with E-state index in [4.69, 9.17) is 0 Å². The summed E-state index contributed by atoms with van der Waals surface area (Å²) in [6, 6.07) is 3.41. The van der Waals surface area contributed by atoms with Crippen LogP contribution in [0.3, 0.4) is 0 Å². The summed E-state index contributed by atoms with van der Waals surface area (Å²) in [7, 11) is 1.47. The van der Waals surface area contributed by atoms with Gasteiger partial charge in [0.2, 0.25) is 5.91 Å². The molecular weight excluding hydrogens is 184 g/mol. The second-order valence-electron chi connectivity index (χ2n) is 2.62. The summed E-state index contributed by atoms with van der Waals surface area (Å²) < 4.78 is 0. The molecule has 0 aliphatic carbocycles. The Morgan fingerprint density at radius 2 is 2.50 bits per heavy atom. The Balaban J connectivity index is 2.38. The highest BCUT2D eigenvalue weighted by atomic mass is 16.3. The van der Waals surface area contributed by atoms with Crippen LogP contribution in [-0.4, -0.2) is 40.9 Å². The van der Waals surface area contributed by atoms with Crippen LogP contribution >= 0.6 is 0 Å². The van der Waals surface area contributed by atoms with Gasteiger partial charge in [0, 0.05) is 13.2 Å². The van der Waals surface area contributed by atoms with Gasteiger partial charge < -0.3 is 15.7 Å². The molecule has 1 rings (SSSR count). The summed E-state index contributed by atoms with van der Waals surface area (Å²) in [5.74, 6) is 0.0943. The van der Waals surface area contributed by atoms with Crippen LogP contribution in [-0.2, 0) is 4.79 Å². The van der Waals surface area contributed by atoms with Crippen molar-refractivity contribution in [3.8, 4) is 0 Å². The van der Waals surface area contributed by atoms with E-state index in [9.17, 15) is 9.90 Å². The summed E-state index contributed by atoms with van der Waals surface area (Å²) in [6.07, 6.45) is 0.461. The summed E-state index contributed by atoms with van der Waals surface area (Å²) in [6.45, 7) is 0.109. The number of aromatic nitrogens is 2. The van der Waals surface area contributed by atoms with Crippen LogP contribution in [0, 0.1) is 0 Å². The van der Waals surface area contributed by atoms with Gasteiger partial charge in [-0.15, -0.1) is 5.10 Å². The molecule has 0 aliphatic rings. The predicted octanol–water partition coefficient (Wildman–Crippen LogP) is -1.00. The first kappa shape index (κ1) is 10.4. The Labute approximate surface area is 81.4 Å². The van der Waals surface area contributed by atoms with Crippen molar-refractivity contribution >= 4 is 11.7 Å². The molecule has 0 radical (unpaired) electrons. The molecule has 6 heteroatoms. The fourth-order valence-electron chi connectivity index (χ4n) is 0.856. The first-order valence-electron chi connectivity index (χ1n) is 4.15. The molecule has 0 spiro atoms. The molecule has 1 heterocycles. The molecule has 0 fully saturated rings.